The van der Waals surface area contributed by atoms with E-state index in [2.05, 4.69) is 12.2 Å². The molecule has 1 aliphatic carbocycles. The van der Waals surface area contributed by atoms with E-state index in [1.54, 1.807) is 28.4 Å². The molecule has 0 saturated heterocycles. The molecular weight excluding hydrogens is 450 g/mol. The summed E-state index contributed by atoms with van der Waals surface area (Å²) in [5.74, 6) is 2.92. The minimum Gasteiger partial charge on any atom is -0.497 e. The molecule has 0 fully saturated rings. The van der Waals surface area contributed by atoms with E-state index in [1.807, 2.05) is 52.7 Å². The number of ether oxygens (including phenoxy) is 4. The van der Waals surface area contributed by atoms with Gasteiger partial charge < -0.3 is 18.9 Å². The van der Waals surface area contributed by atoms with E-state index in [-0.39, 0.29) is 0 Å². The van der Waals surface area contributed by atoms with Crippen LogP contribution in [0.25, 0.3) is 11.3 Å². The Morgan fingerprint density at radius 2 is 1.68 bits per heavy atom. The van der Waals surface area contributed by atoms with Crippen molar-refractivity contribution < 1.29 is 18.9 Å². The third kappa shape index (κ3) is 5.17. The summed E-state index contributed by atoms with van der Waals surface area (Å²) in [5, 5.41) is 6.93. The topological polar surface area (TPSA) is 66.6 Å². The van der Waals surface area contributed by atoms with Crippen LogP contribution >= 0.6 is 11.3 Å². The molecule has 8 heteroatoms. The van der Waals surface area contributed by atoms with Gasteiger partial charge in [0.05, 0.1) is 39.8 Å². The summed E-state index contributed by atoms with van der Waals surface area (Å²) in [5.41, 5.74) is 2.60. The molecule has 1 aliphatic rings. The first kappa shape index (κ1) is 23.6. The highest BCUT2D eigenvalue weighted by Gasteiger charge is 2.17. The van der Waals surface area contributed by atoms with Crippen LogP contribution in [0.2, 0.25) is 0 Å². The largest absolute Gasteiger partial charge is 0.497 e. The first-order valence-corrected chi connectivity index (χ1v) is 11.9. The second-order valence-corrected chi connectivity index (χ2v) is 8.58. The van der Waals surface area contributed by atoms with Crippen molar-refractivity contribution in [3.05, 3.63) is 58.7 Å². The fraction of sp³-hybridized carbons (Fsp3) is 0.308. The molecule has 0 saturated carbocycles. The summed E-state index contributed by atoms with van der Waals surface area (Å²) >= 11 is 1.52. The molecule has 2 aromatic carbocycles. The van der Waals surface area contributed by atoms with Crippen LogP contribution in [-0.2, 0) is 0 Å². The molecule has 178 valence electrons. The Bertz CT molecular complexity index is 1220. The lowest BCUT2D eigenvalue weighted by Crippen LogP contribution is -2.13. The van der Waals surface area contributed by atoms with E-state index in [0.29, 0.717) is 23.2 Å². The normalized spacial score (nSPS) is 16.1. The lowest BCUT2D eigenvalue weighted by atomic mass is 9.96. The summed E-state index contributed by atoms with van der Waals surface area (Å²) in [4.78, 5) is 5.62. The van der Waals surface area contributed by atoms with Crippen molar-refractivity contribution in [1.29, 1.82) is 0 Å². The Kier molecular flexibility index (Phi) is 7.69. The molecule has 1 unspecified atom stereocenters. The molecule has 1 aromatic heterocycles. The minimum absolute atomic E-state index is 0.402. The summed E-state index contributed by atoms with van der Waals surface area (Å²) in [6.07, 6.45) is 9.65. The number of hydrogen-bond donors (Lipinski definition) is 0. The van der Waals surface area contributed by atoms with Gasteiger partial charge in [-0.15, -0.1) is 11.3 Å². The molecule has 0 bridgehead atoms. The van der Waals surface area contributed by atoms with Gasteiger partial charge in [0.25, 0.3) is 0 Å². The van der Waals surface area contributed by atoms with E-state index in [4.69, 9.17) is 29.0 Å². The van der Waals surface area contributed by atoms with Gasteiger partial charge in [-0.25, -0.2) is 9.67 Å². The third-order valence-corrected chi connectivity index (χ3v) is 6.46. The number of hydrogen-bond acceptors (Lipinski definition) is 7. The van der Waals surface area contributed by atoms with Crippen molar-refractivity contribution in [2.75, 3.05) is 28.4 Å². The van der Waals surface area contributed by atoms with E-state index in [9.17, 15) is 0 Å². The lowest BCUT2D eigenvalue weighted by molar-refractivity contribution is 0.324. The van der Waals surface area contributed by atoms with Crippen LogP contribution in [0.3, 0.4) is 0 Å². The molecule has 0 amide bonds. The van der Waals surface area contributed by atoms with Gasteiger partial charge in [-0.05, 0) is 61.6 Å². The SMILES string of the molecule is COc1ccc(N=c2scc(-c3cc(OC)c(OC)c(OC)c3)n2N=CC2CC=CCC2)cc1. The first-order chi connectivity index (χ1) is 16.7. The highest BCUT2D eigenvalue weighted by Crippen LogP contribution is 2.41. The number of aromatic nitrogens is 1. The van der Waals surface area contributed by atoms with Crippen LogP contribution in [0.5, 0.6) is 23.0 Å². The average Bonchev–Trinajstić information content (AvgIpc) is 3.29. The molecule has 0 N–H and O–H groups in total. The average molecular weight is 480 g/mol. The number of methoxy groups -OCH3 is 4. The predicted octanol–water partition coefficient (Wildman–Crippen LogP) is 5.67. The summed E-state index contributed by atoms with van der Waals surface area (Å²) in [6, 6.07) is 11.5. The van der Waals surface area contributed by atoms with Crippen molar-refractivity contribution in [2.24, 2.45) is 16.0 Å². The van der Waals surface area contributed by atoms with Crippen molar-refractivity contribution in [1.82, 2.24) is 4.68 Å². The van der Waals surface area contributed by atoms with Crippen LogP contribution in [0.4, 0.5) is 5.69 Å². The van der Waals surface area contributed by atoms with E-state index >= 15 is 0 Å². The lowest BCUT2D eigenvalue weighted by Gasteiger charge is -2.15. The summed E-state index contributed by atoms with van der Waals surface area (Å²) in [6.45, 7) is 0. The maximum atomic E-state index is 5.57. The molecule has 0 radical (unpaired) electrons. The van der Waals surface area contributed by atoms with Crippen LogP contribution in [-0.4, -0.2) is 39.3 Å². The van der Waals surface area contributed by atoms with Crippen molar-refractivity contribution in [2.45, 2.75) is 19.3 Å². The molecule has 7 nitrogen and oxygen atoms in total. The molecule has 1 atom stereocenters. The highest BCUT2D eigenvalue weighted by atomic mass is 32.1. The van der Waals surface area contributed by atoms with Gasteiger partial charge in [-0.3, -0.25) is 0 Å². The smallest absolute Gasteiger partial charge is 0.211 e. The Labute approximate surface area is 203 Å². The molecule has 3 aromatic rings. The maximum Gasteiger partial charge on any atom is 0.211 e. The van der Waals surface area contributed by atoms with Crippen molar-refractivity contribution in [3.8, 4) is 34.3 Å². The van der Waals surface area contributed by atoms with Gasteiger partial charge in [0.15, 0.2) is 11.5 Å². The number of allylic oxidation sites excluding steroid dienone is 2. The quantitative estimate of drug-likeness (QED) is 0.308. The molecule has 34 heavy (non-hydrogen) atoms. The zero-order valence-corrected chi connectivity index (χ0v) is 20.7. The summed E-state index contributed by atoms with van der Waals surface area (Å²) in [7, 11) is 6.47. The Hall–Kier alpha value is -3.52. The summed E-state index contributed by atoms with van der Waals surface area (Å²) < 4.78 is 23.8. The maximum absolute atomic E-state index is 5.57. The van der Waals surface area contributed by atoms with Crippen LogP contribution in [0, 0.1) is 5.92 Å². The van der Waals surface area contributed by atoms with Gasteiger partial charge in [0, 0.05) is 17.2 Å². The Morgan fingerprint density at radius 1 is 0.941 bits per heavy atom. The minimum atomic E-state index is 0.402. The number of rotatable bonds is 8. The monoisotopic (exact) mass is 479 g/mol. The number of nitrogens with zero attached hydrogens (tertiary/aromatic N) is 3. The van der Waals surface area contributed by atoms with Gasteiger partial charge in [0.2, 0.25) is 10.6 Å². The van der Waals surface area contributed by atoms with E-state index < -0.39 is 0 Å². The van der Waals surface area contributed by atoms with E-state index in [0.717, 1.165) is 46.8 Å². The van der Waals surface area contributed by atoms with Crippen molar-refractivity contribution >= 4 is 23.2 Å². The van der Waals surface area contributed by atoms with Crippen molar-refractivity contribution in [3.63, 3.8) is 0 Å². The Morgan fingerprint density at radius 3 is 2.26 bits per heavy atom. The van der Waals surface area contributed by atoms with E-state index in [1.165, 1.54) is 11.3 Å². The molecule has 0 spiro atoms. The number of thiazole rings is 1. The zero-order valence-electron chi connectivity index (χ0n) is 19.9. The van der Waals surface area contributed by atoms with Gasteiger partial charge in [-0.2, -0.15) is 5.10 Å². The standard InChI is InChI=1S/C26H29N3O4S/c1-30-21-12-10-20(11-13-21)28-26-29(27-16-18-8-6-5-7-9-18)22(17-34-26)19-14-23(31-2)25(33-4)24(15-19)32-3/h5-6,10-18H,7-9H2,1-4H3. The van der Waals surface area contributed by atoms with Crippen LogP contribution in [0.15, 0.2) is 64.0 Å². The number of benzene rings is 2. The fourth-order valence-corrected chi connectivity index (χ4v) is 4.65. The van der Waals surface area contributed by atoms with Crippen LogP contribution < -0.4 is 23.7 Å². The second kappa shape index (κ2) is 11.1. The Balaban J connectivity index is 1.83. The molecule has 0 aliphatic heterocycles. The molecule has 4 rings (SSSR count). The first-order valence-electron chi connectivity index (χ1n) is 11.1. The molecular formula is C26H29N3O4S. The van der Waals surface area contributed by atoms with Gasteiger partial charge >= 0.3 is 0 Å². The van der Waals surface area contributed by atoms with Gasteiger partial charge in [0.1, 0.15) is 5.75 Å². The third-order valence-electron chi connectivity index (χ3n) is 5.65. The molecule has 1 heterocycles. The van der Waals surface area contributed by atoms with Crippen LogP contribution in [0.1, 0.15) is 19.3 Å². The highest BCUT2D eigenvalue weighted by molar-refractivity contribution is 7.07. The predicted molar refractivity (Wildman–Crippen MR) is 136 cm³/mol. The zero-order chi connectivity index (χ0) is 23.9. The second-order valence-electron chi connectivity index (χ2n) is 7.75. The fourth-order valence-electron chi connectivity index (χ4n) is 3.80. The van der Waals surface area contributed by atoms with Gasteiger partial charge in [-0.1, -0.05) is 12.2 Å².